The molecule has 0 bridgehead atoms. The third kappa shape index (κ3) is 3.46. The Bertz CT molecular complexity index is 325. The van der Waals surface area contributed by atoms with E-state index in [9.17, 15) is 4.79 Å². The second-order valence-electron chi connectivity index (χ2n) is 4.50. The third-order valence-electron chi connectivity index (χ3n) is 1.63. The van der Waals surface area contributed by atoms with Crippen LogP contribution in [-0.2, 0) is 0 Å². The van der Waals surface area contributed by atoms with Gasteiger partial charge in [-0.05, 0) is 12.3 Å². The molecule has 0 unspecified atom stereocenters. The number of hydrogen-bond acceptors (Lipinski definition) is 3. The maximum Gasteiger partial charge on any atom is 0.270 e. The normalized spacial score (nSPS) is 11.4. The largest absolute Gasteiger partial charge is 0.350 e. The molecule has 3 nitrogen and oxygen atoms in total. The van der Waals surface area contributed by atoms with Gasteiger partial charge < -0.3 is 5.32 Å². The molecular weight excluding hydrogens is 196 g/mol. The Morgan fingerprint density at radius 3 is 2.64 bits per heavy atom. The lowest BCUT2D eigenvalue weighted by atomic mass is 9.97. The van der Waals surface area contributed by atoms with E-state index in [-0.39, 0.29) is 11.3 Å². The molecule has 0 aliphatic rings. The topological polar surface area (TPSA) is 42.0 Å². The Kier molecular flexibility index (Phi) is 3.26. The first-order chi connectivity index (χ1) is 6.38. The molecule has 1 aromatic rings. The van der Waals surface area contributed by atoms with Crippen LogP contribution >= 0.6 is 11.3 Å². The highest BCUT2D eigenvalue weighted by atomic mass is 32.1. The molecule has 0 aliphatic carbocycles. The van der Waals surface area contributed by atoms with Crippen LogP contribution in [0.25, 0.3) is 0 Å². The van der Waals surface area contributed by atoms with Gasteiger partial charge in [0.25, 0.3) is 5.91 Å². The van der Waals surface area contributed by atoms with Gasteiger partial charge in [0.1, 0.15) is 5.69 Å². The lowest BCUT2D eigenvalue weighted by Gasteiger charge is -2.18. The van der Waals surface area contributed by atoms with Crippen LogP contribution in [0, 0.1) is 12.3 Å². The average Bonchev–Trinajstić information content (AvgIpc) is 2.46. The number of amides is 1. The number of hydrogen-bond donors (Lipinski definition) is 1. The highest BCUT2D eigenvalue weighted by Gasteiger charge is 2.14. The van der Waals surface area contributed by atoms with Gasteiger partial charge in [0.2, 0.25) is 0 Å². The van der Waals surface area contributed by atoms with Gasteiger partial charge in [-0.25, -0.2) is 4.98 Å². The first kappa shape index (κ1) is 11.2. The quantitative estimate of drug-likeness (QED) is 0.816. The lowest BCUT2D eigenvalue weighted by Crippen LogP contribution is -2.32. The number of nitrogens with one attached hydrogen (secondary N) is 1. The molecule has 0 fully saturated rings. The van der Waals surface area contributed by atoms with E-state index in [1.54, 1.807) is 5.38 Å². The third-order valence-corrected chi connectivity index (χ3v) is 2.40. The van der Waals surface area contributed by atoms with Gasteiger partial charge in [0.05, 0.1) is 5.01 Å². The summed E-state index contributed by atoms with van der Waals surface area (Å²) in [4.78, 5) is 15.7. The fraction of sp³-hybridized carbons (Fsp3) is 0.600. The van der Waals surface area contributed by atoms with E-state index in [4.69, 9.17) is 0 Å². The van der Waals surface area contributed by atoms with Crippen molar-refractivity contribution in [3.63, 3.8) is 0 Å². The van der Waals surface area contributed by atoms with Gasteiger partial charge in [0, 0.05) is 11.9 Å². The number of aryl methyl sites for hydroxylation is 1. The first-order valence-electron chi connectivity index (χ1n) is 4.59. The van der Waals surface area contributed by atoms with Gasteiger partial charge in [-0.3, -0.25) is 4.79 Å². The summed E-state index contributed by atoms with van der Waals surface area (Å²) in [6, 6.07) is 0. The van der Waals surface area contributed by atoms with E-state index < -0.39 is 0 Å². The molecule has 1 rings (SSSR count). The fourth-order valence-corrected chi connectivity index (χ4v) is 1.50. The van der Waals surface area contributed by atoms with Gasteiger partial charge in [-0.1, -0.05) is 20.8 Å². The van der Waals surface area contributed by atoms with Crippen LogP contribution in [0.15, 0.2) is 5.38 Å². The van der Waals surface area contributed by atoms with Crippen molar-refractivity contribution in [2.45, 2.75) is 27.7 Å². The second-order valence-corrected chi connectivity index (χ2v) is 5.56. The van der Waals surface area contributed by atoms with Crippen molar-refractivity contribution in [2.75, 3.05) is 6.54 Å². The highest BCUT2D eigenvalue weighted by Crippen LogP contribution is 2.12. The molecule has 0 saturated carbocycles. The minimum Gasteiger partial charge on any atom is -0.350 e. The van der Waals surface area contributed by atoms with Crippen LogP contribution in [0.2, 0.25) is 0 Å². The molecule has 1 aromatic heterocycles. The van der Waals surface area contributed by atoms with E-state index in [0.717, 1.165) is 5.01 Å². The number of thiazole rings is 1. The molecule has 0 spiro atoms. The van der Waals surface area contributed by atoms with Crippen LogP contribution < -0.4 is 5.32 Å². The first-order valence-corrected chi connectivity index (χ1v) is 5.47. The minimum atomic E-state index is -0.0794. The van der Waals surface area contributed by atoms with E-state index in [1.165, 1.54) is 11.3 Å². The minimum absolute atomic E-state index is 0.0794. The molecule has 0 aliphatic heterocycles. The van der Waals surface area contributed by atoms with Crippen LogP contribution in [-0.4, -0.2) is 17.4 Å². The maximum atomic E-state index is 11.5. The summed E-state index contributed by atoms with van der Waals surface area (Å²) in [5.41, 5.74) is 0.637. The highest BCUT2D eigenvalue weighted by molar-refractivity contribution is 7.09. The summed E-state index contributed by atoms with van der Waals surface area (Å²) in [6.07, 6.45) is 0. The Balaban J connectivity index is 2.52. The summed E-state index contributed by atoms with van der Waals surface area (Å²) in [5.74, 6) is -0.0794. The van der Waals surface area contributed by atoms with Crippen LogP contribution in [0.1, 0.15) is 36.3 Å². The van der Waals surface area contributed by atoms with Crippen LogP contribution in [0.3, 0.4) is 0 Å². The Hall–Kier alpha value is -0.900. The molecule has 0 saturated heterocycles. The van der Waals surface area contributed by atoms with Crippen molar-refractivity contribution in [1.29, 1.82) is 0 Å². The molecule has 0 atom stereocenters. The lowest BCUT2D eigenvalue weighted by molar-refractivity contribution is 0.0935. The monoisotopic (exact) mass is 212 g/mol. The SMILES string of the molecule is Cc1nc(C(=O)NCC(C)(C)C)cs1. The summed E-state index contributed by atoms with van der Waals surface area (Å²) in [6.45, 7) is 8.81. The zero-order chi connectivity index (χ0) is 10.8. The predicted molar refractivity (Wildman–Crippen MR) is 58.6 cm³/mol. The van der Waals surface area contributed by atoms with Crippen molar-refractivity contribution in [2.24, 2.45) is 5.41 Å². The number of carbonyl (C=O) groups is 1. The molecule has 1 N–H and O–H groups in total. The molecule has 78 valence electrons. The zero-order valence-corrected chi connectivity index (χ0v) is 9.86. The maximum absolute atomic E-state index is 11.5. The van der Waals surface area contributed by atoms with Gasteiger partial charge >= 0.3 is 0 Å². The van der Waals surface area contributed by atoms with Gasteiger partial charge in [-0.15, -0.1) is 11.3 Å². The molecule has 4 heteroatoms. The summed E-state index contributed by atoms with van der Waals surface area (Å²) in [5, 5.41) is 5.56. The average molecular weight is 212 g/mol. The molecular formula is C10H16N2OS. The molecule has 14 heavy (non-hydrogen) atoms. The molecule has 0 aromatic carbocycles. The summed E-state index contributed by atoms with van der Waals surface area (Å²) in [7, 11) is 0. The zero-order valence-electron chi connectivity index (χ0n) is 9.05. The van der Waals surface area contributed by atoms with Crippen molar-refractivity contribution < 1.29 is 4.79 Å². The van der Waals surface area contributed by atoms with Gasteiger partial charge in [0.15, 0.2) is 0 Å². The van der Waals surface area contributed by atoms with Crippen molar-refractivity contribution >= 4 is 17.2 Å². The van der Waals surface area contributed by atoms with Crippen molar-refractivity contribution in [1.82, 2.24) is 10.3 Å². The number of nitrogens with zero attached hydrogens (tertiary/aromatic N) is 1. The predicted octanol–water partition coefficient (Wildman–Crippen LogP) is 2.23. The number of rotatable bonds is 2. The Labute approximate surface area is 88.6 Å². The van der Waals surface area contributed by atoms with E-state index >= 15 is 0 Å². The van der Waals surface area contributed by atoms with Crippen molar-refractivity contribution in [3.8, 4) is 0 Å². The Morgan fingerprint density at radius 2 is 2.21 bits per heavy atom. The second kappa shape index (κ2) is 4.09. The van der Waals surface area contributed by atoms with E-state index in [2.05, 4.69) is 31.1 Å². The van der Waals surface area contributed by atoms with E-state index in [1.807, 2.05) is 6.92 Å². The fourth-order valence-electron chi connectivity index (χ4n) is 0.904. The molecule has 1 amide bonds. The smallest absolute Gasteiger partial charge is 0.270 e. The standard InChI is InChI=1S/C10H16N2OS/c1-7-12-8(5-14-7)9(13)11-6-10(2,3)4/h5H,6H2,1-4H3,(H,11,13). The number of aromatic nitrogens is 1. The van der Waals surface area contributed by atoms with Crippen LogP contribution in [0.4, 0.5) is 0 Å². The molecule has 1 heterocycles. The molecule has 0 radical (unpaired) electrons. The summed E-state index contributed by atoms with van der Waals surface area (Å²) >= 11 is 1.49. The number of carbonyl (C=O) groups excluding carboxylic acids is 1. The summed E-state index contributed by atoms with van der Waals surface area (Å²) < 4.78 is 0. The van der Waals surface area contributed by atoms with Crippen molar-refractivity contribution in [3.05, 3.63) is 16.1 Å². The van der Waals surface area contributed by atoms with Crippen LogP contribution in [0.5, 0.6) is 0 Å². The van der Waals surface area contributed by atoms with Gasteiger partial charge in [-0.2, -0.15) is 0 Å². The Morgan fingerprint density at radius 1 is 1.57 bits per heavy atom. The van der Waals surface area contributed by atoms with E-state index in [0.29, 0.717) is 12.2 Å².